The van der Waals surface area contributed by atoms with E-state index in [4.69, 9.17) is 4.74 Å². The van der Waals surface area contributed by atoms with Gasteiger partial charge in [-0.2, -0.15) is 0 Å². The molecular formula is C19H26ClN3O3. The number of rotatable bonds is 3. The molecule has 1 saturated carbocycles. The van der Waals surface area contributed by atoms with Crippen LogP contribution in [0, 0.1) is 11.3 Å². The number of nitrogens with one attached hydrogen (secondary N) is 3. The van der Waals surface area contributed by atoms with Crippen LogP contribution in [0.25, 0.3) is 0 Å². The smallest absolute Gasteiger partial charge is 0.262 e. The summed E-state index contributed by atoms with van der Waals surface area (Å²) in [4.78, 5) is 24.6. The van der Waals surface area contributed by atoms with Gasteiger partial charge in [-0.1, -0.05) is 18.9 Å². The molecule has 2 amide bonds. The number of hydrogen-bond acceptors (Lipinski definition) is 4. The molecular weight excluding hydrogens is 354 g/mol. The number of carbonyl (C=O) groups is 2. The van der Waals surface area contributed by atoms with Crippen molar-refractivity contribution in [3.05, 3.63) is 23.8 Å². The molecule has 4 rings (SSSR count). The predicted molar refractivity (Wildman–Crippen MR) is 102 cm³/mol. The molecule has 3 aliphatic rings. The zero-order valence-electron chi connectivity index (χ0n) is 15.0. The van der Waals surface area contributed by atoms with E-state index in [1.165, 1.54) is 6.42 Å². The van der Waals surface area contributed by atoms with Crippen LogP contribution in [0.3, 0.4) is 0 Å². The van der Waals surface area contributed by atoms with Crippen molar-refractivity contribution >= 4 is 29.9 Å². The van der Waals surface area contributed by atoms with E-state index in [0.717, 1.165) is 37.9 Å². The maximum atomic E-state index is 13.1. The molecule has 26 heavy (non-hydrogen) atoms. The number of anilines is 1. The van der Waals surface area contributed by atoms with E-state index >= 15 is 0 Å². The Balaban J connectivity index is 0.00000196. The van der Waals surface area contributed by atoms with Gasteiger partial charge in [-0.25, -0.2) is 0 Å². The number of ether oxygens (including phenoxy) is 1. The van der Waals surface area contributed by atoms with Gasteiger partial charge in [0, 0.05) is 6.54 Å². The van der Waals surface area contributed by atoms with E-state index in [1.54, 1.807) is 0 Å². The quantitative estimate of drug-likeness (QED) is 0.753. The number of halogens is 1. The molecule has 2 fully saturated rings. The molecule has 3 atom stereocenters. The van der Waals surface area contributed by atoms with Crippen LogP contribution in [0.2, 0.25) is 0 Å². The molecule has 1 saturated heterocycles. The Bertz CT molecular complexity index is 711. The number of benzene rings is 1. The van der Waals surface area contributed by atoms with Crippen molar-refractivity contribution in [1.29, 1.82) is 0 Å². The van der Waals surface area contributed by atoms with Gasteiger partial charge in [-0.05, 0) is 49.9 Å². The Labute approximate surface area is 159 Å². The summed E-state index contributed by atoms with van der Waals surface area (Å²) in [5.41, 5.74) is 1.39. The lowest BCUT2D eigenvalue weighted by Gasteiger charge is -2.38. The highest BCUT2D eigenvalue weighted by atomic mass is 35.5. The van der Waals surface area contributed by atoms with Crippen molar-refractivity contribution in [2.75, 3.05) is 25.0 Å². The first-order valence-corrected chi connectivity index (χ1v) is 9.17. The highest BCUT2D eigenvalue weighted by Gasteiger charge is 2.50. The molecule has 2 heterocycles. The third-order valence-corrected chi connectivity index (χ3v) is 5.97. The van der Waals surface area contributed by atoms with Gasteiger partial charge in [0.25, 0.3) is 5.91 Å². The van der Waals surface area contributed by atoms with Crippen LogP contribution in [0.15, 0.2) is 18.2 Å². The minimum atomic E-state index is -0.252. The summed E-state index contributed by atoms with van der Waals surface area (Å²) in [6, 6.07) is 5.57. The molecule has 0 bridgehead atoms. The fourth-order valence-corrected chi connectivity index (χ4v) is 4.48. The minimum absolute atomic E-state index is 0. The van der Waals surface area contributed by atoms with E-state index in [2.05, 4.69) is 16.0 Å². The minimum Gasteiger partial charge on any atom is -0.482 e. The van der Waals surface area contributed by atoms with Crippen LogP contribution in [-0.4, -0.2) is 31.5 Å². The van der Waals surface area contributed by atoms with Crippen LogP contribution < -0.4 is 20.7 Å². The predicted octanol–water partition coefficient (Wildman–Crippen LogP) is 2.40. The van der Waals surface area contributed by atoms with Crippen molar-refractivity contribution in [2.24, 2.45) is 11.3 Å². The van der Waals surface area contributed by atoms with Gasteiger partial charge in [-0.15, -0.1) is 12.4 Å². The molecule has 0 aromatic heterocycles. The third-order valence-electron chi connectivity index (χ3n) is 5.97. The summed E-state index contributed by atoms with van der Waals surface area (Å²) in [7, 11) is 0. The summed E-state index contributed by atoms with van der Waals surface area (Å²) in [5.74, 6) is 1.13. The Kier molecular flexibility index (Phi) is 5.44. The molecule has 1 aromatic rings. The topological polar surface area (TPSA) is 79.5 Å². The average Bonchev–Trinajstić information content (AvgIpc) is 3.06. The molecule has 0 radical (unpaired) electrons. The molecule has 1 unspecified atom stereocenters. The Morgan fingerprint density at radius 3 is 3.08 bits per heavy atom. The fourth-order valence-electron chi connectivity index (χ4n) is 4.48. The number of fused-ring (bicyclic) bond motifs is 2. The van der Waals surface area contributed by atoms with Gasteiger partial charge in [0.15, 0.2) is 6.61 Å². The third kappa shape index (κ3) is 3.28. The van der Waals surface area contributed by atoms with Crippen LogP contribution >= 0.6 is 12.4 Å². The molecule has 7 heteroatoms. The number of amides is 2. The van der Waals surface area contributed by atoms with Gasteiger partial charge in [-0.3, -0.25) is 9.59 Å². The van der Waals surface area contributed by atoms with Crippen molar-refractivity contribution in [2.45, 2.75) is 38.6 Å². The Morgan fingerprint density at radius 2 is 2.23 bits per heavy atom. The Morgan fingerprint density at radius 1 is 1.38 bits per heavy atom. The molecule has 2 aliphatic heterocycles. The lowest BCUT2D eigenvalue weighted by Crippen LogP contribution is -2.48. The maximum Gasteiger partial charge on any atom is 0.262 e. The summed E-state index contributed by atoms with van der Waals surface area (Å²) in [6.45, 7) is 3.77. The molecule has 142 valence electrons. The molecule has 1 aliphatic carbocycles. The van der Waals surface area contributed by atoms with Gasteiger partial charge in [0.1, 0.15) is 5.75 Å². The summed E-state index contributed by atoms with van der Waals surface area (Å²) >= 11 is 0. The molecule has 1 aromatic carbocycles. The number of carbonyl (C=O) groups excluding carboxylic acids is 2. The van der Waals surface area contributed by atoms with E-state index in [-0.39, 0.29) is 42.3 Å². The van der Waals surface area contributed by atoms with Crippen LogP contribution in [0.4, 0.5) is 5.69 Å². The second-order valence-corrected chi connectivity index (χ2v) is 7.52. The standard InChI is InChI=1S/C19H25N3O3.ClH/c1-12(13-5-6-16-15(8-13)22-17(23)10-25-16)21-18(24)19-7-3-2-4-14(19)9-20-11-19;/h5-6,8,12,14,20H,2-4,7,9-11H2,1H3,(H,21,24)(H,22,23);1H/t12?,14-,19+;/m0./s1. The molecule has 3 N–H and O–H groups in total. The van der Waals surface area contributed by atoms with Crippen LogP contribution in [0.1, 0.15) is 44.2 Å². The first kappa shape index (κ1) is 19.0. The number of hydrogen-bond donors (Lipinski definition) is 3. The zero-order chi connectivity index (χ0) is 17.4. The van der Waals surface area contributed by atoms with Gasteiger partial charge in [0.2, 0.25) is 5.91 Å². The van der Waals surface area contributed by atoms with Crippen molar-refractivity contribution in [3.63, 3.8) is 0 Å². The van der Waals surface area contributed by atoms with Gasteiger partial charge < -0.3 is 20.7 Å². The largest absolute Gasteiger partial charge is 0.482 e. The normalized spacial score (nSPS) is 27.9. The zero-order valence-corrected chi connectivity index (χ0v) is 15.8. The first-order chi connectivity index (χ1) is 12.1. The molecule has 0 spiro atoms. The summed E-state index contributed by atoms with van der Waals surface area (Å²) in [5, 5.41) is 9.45. The average molecular weight is 380 g/mol. The highest BCUT2D eigenvalue weighted by molar-refractivity contribution is 5.95. The highest BCUT2D eigenvalue weighted by Crippen LogP contribution is 2.44. The van der Waals surface area contributed by atoms with Gasteiger partial charge >= 0.3 is 0 Å². The second-order valence-electron chi connectivity index (χ2n) is 7.52. The lowest BCUT2D eigenvalue weighted by atomic mass is 9.67. The Hall–Kier alpha value is -1.79. The first-order valence-electron chi connectivity index (χ1n) is 9.17. The molecule has 6 nitrogen and oxygen atoms in total. The summed E-state index contributed by atoms with van der Waals surface area (Å²) in [6.07, 6.45) is 4.46. The lowest BCUT2D eigenvalue weighted by molar-refractivity contribution is -0.134. The van der Waals surface area contributed by atoms with Crippen molar-refractivity contribution < 1.29 is 14.3 Å². The van der Waals surface area contributed by atoms with Crippen molar-refractivity contribution in [3.8, 4) is 5.75 Å². The van der Waals surface area contributed by atoms with E-state index in [1.807, 2.05) is 25.1 Å². The van der Waals surface area contributed by atoms with Crippen LogP contribution in [-0.2, 0) is 9.59 Å². The maximum absolute atomic E-state index is 13.1. The summed E-state index contributed by atoms with van der Waals surface area (Å²) < 4.78 is 5.39. The van der Waals surface area contributed by atoms with Crippen molar-refractivity contribution in [1.82, 2.24) is 10.6 Å². The van der Waals surface area contributed by atoms with E-state index in [9.17, 15) is 9.59 Å². The fraction of sp³-hybridized carbons (Fsp3) is 0.579. The van der Waals surface area contributed by atoms with Crippen LogP contribution in [0.5, 0.6) is 5.75 Å². The van der Waals surface area contributed by atoms with Gasteiger partial charge in [0.05, 0.1) is 17.1 Å². The monoisotopic (exact) mass is 379 g/mol. The van der Waals surface area contributed by atoms with E-state index in [0.29, 0.717) is 17.4 Å². The van der Waals surface area contributed by atoms with E-state index < -0.39 is 0 Å². The SMILES string of the molecule is CC(NC(=O)[C@@]12CCCC[C@H]1CNC2)c1ccc2c(c1)NC(=O)CO2.Cl. The second kappa shape index (κ2) is 7.45.